The molecule has 1 rings (SSSR count). The van der Waals surface area contributed by atoms with Crippen LogP contribution in [-0.4, -0.2) is 45.1 Å². The van der Waals surface area contributed by atoms with Crippen LogP contribution in [0.3, 0.4) is 0 Å². The quantitative estimate of drug-likeness (QED) is 0.0566. The fourth-order valence-electron chi connectivity index (χ4n) is 5.54. The zero-order valence-electron chi connectivity index (χ0n) is 28.8. The molecule has 0 saturated heterocycles. The third-order valence-electron chi connectivity index (χ3n) is 8.22. The largest absolute Gasteiger partial charge is 0.744 e. The van der Waals surface area contributed by atoms with Gasteiger partial charge in [0.2, 0.25) is 0 Å². The van der Waals surface area contributed by atoms with E-state index in [0.717, 1.165) is 17.3 Å². The molecule has 1 aromatic carbocycles. The first-order chi connectivity index (χ1) is 20.1. The first kappa shape index (κ1) is 41.1. The summed E-state index contributed by atoms with van der Waals surface area (Å²) in [6.45, 7) is 5.86. The molecule has 1 aromatic rings. The van der Waals surface area contributed by atoms with E-state index in [9.17, 15) is 13.0 Å². The van der Waals surface area contributed by atoms with E-state index in [1.54, 1.807) is 18.2 Å². The molecule has 0 radical (unpaired) electrons. The molecular formula is C37H71NO3S. The highest BCUT2D eigenvalue weighted by atomic mass is 32.2. The molecule has 0 aliphatic heterocycles. The van der Waals surface area contributed by atoms with Gasteiger partial charge in [-0.1, -0.05) is 167 Å². The van der Waals surface area contributed by atoms with Gasteiger partial charge in [-0.2, -0.15) is 0 Å². The Labute approximate surface area is 263 Å². The molecule has 0 aliphatic carbocycles. The number of benzene rings is 1. The summed E-state index contributed by atoms with van der Waals surface area (Å²) in [7, 11) is 2.54. The zero-order chi connectivity index (χ0) is 31.4. The van der Waals surface area contributed by atoms with Gasteiger partial charge in [0.1, 0.15) is 10.1 Å². The number of nitrogens with zero attached hydrogens (tertiary/aromatic N) is 1. The lowest BCUT2D eigenvalue weighted by molar-refractivity contribution is -0.870. The normalized spacial score (nSPS) is 11.9. The molecule has 4 nitrogen and oxygen atoms in total. The van der Waals surface area contributed by atoms with Crippen LogP contribution in [-0.2, 0) is 16.5 Å². The summed E-state index contributed by atoms with van der Waals surface area (Å²) in [5.74, 6) is 0. The Morgan fingerprint density at radius 1 is 0.524 bits per heavy atom. The molecule has 5 heteroatoms. The maximum atomic E-state index is 11.2. The second kappa shape index (κ2) is 27.6. The van der Waals surface area contributed by atoms with Gasteiger partial charge in [0.25, 0.3) is 0 Å². The summed E-state index contributed by atoms with van der Waals surface area (Å²) in [4.78, 5) is -0.0501. The predicted octanol–water partition coefficient (Wildman–Crippen LogP) is 11.2. The smallest absolute Gasteiger partial charge is 0.124 e. The Kier molecular flexibility index (Phi) is 27.0. The number of unbranched alkanes of at least 4 members (excludes halogenated alkanes) is 22. The van der Waals surface area contributed by atoms with Crippen molar-refractivity contribution in [3.63, 3.8) is 0 Å². The van der Waals surface area contributed by atoms with Crippen molar-refractivity contribution >= 4 is 10.1 Å². The monoisotopic (exact) mass is 610 g/mol. The minimum Gasteiger partial charge on any atom is -0.744 e. The van der Waals surface area contributed by atoms with Crippen LogP contribution in [0.25, 0.3) is 0 Å². The Balaban J connectivity index is 0.000000805. The number of rotatable bonds is 27. The Bertz CT molecular complexity index is 817. The second-order valence-corrected chi connectivity index (χ2v) is 15.0. The fourth-order valence-corrected chi connectivity index (χ4v) is 6.27. The van der Waals surface area contributed by atoms with Crippen LogP contribution in [0.5, 0.6) is 0 Å². The van der Waals surface area contributed by atoms with E-state index in [0.29, 0.717) is 12.0 Å². The van der Waals surface area contributed by atoms with Crippen molar-refractivity contribution in [3.05, 3.63) is 29.8 Å². The highest BCUT2D eigenvalue weighted by Gasteiger charge is 2.07. The van der Waals surface area contributed by atoms with E-state index in [4.69, 9.17) is 0 Å². The molecule has 0 bridgehead atoms. The molecule has 0 atom stereocenters. The van der Waals surface area contributed by atoms with Gasteiger partial charge >= 0.3 is 0 Å². The molecule has 0 amide bonds. The highest BCUT2D eigenvalue weighted by Crippen LogP contribution is 2.19. The van der Waals surface area contributed by atoms with Crippen LogP contribution < -0.4 is 0 Å². The highest BCUT2D eigenvalue weighted by molar-refractivity contribution is 7.85. The maximum Gasteiger partial charge on any atom is 0.124 e. The molecule has 42 heavy (non-hydrogen) atoms. The summed E-state index contributed by atoms with van der Waals surface area (Å²) in [5, 5.41) is 0. The predicted molar refractivity (Wildman–Crippen MR) is 183 cm³/mol. The van der Waals surface area contributed by atoms with Crippen LogP contribution in [0.1, 0.15) is 174 Å². The molecule has 0 fully saturated rings. The van der Waals surface area contributed by atoms with E-state index in [1.165, 1.54) is 154 Å². The maximum absolute atomic E-state index is 11.2. The topological polar surface area (TPSA) is 57.2 Å². The van der Waals surface area contributed by atoms with Crippen LogP contribution >= 0.6 is 0 Å². The van der Waals surface area contributed by atoms with Gasteiger partial charge in [0.15, 0.2) is 0 Å². The fraction of sp³-hybridized carbons (Fsp3) is 0.838. The Morgan fingerprint density at radius 3 is 1.21 bits per heavy atom. The summed E-state index contributed by atoms with van der Waals surface area (Å²) in [6.07, 6.45) is 33.5. The molecule has 248 valence electrons. The molecular weight excluding hydrogens is 538 g/mol. The summed E-state index contributed by atoms with van der Waals surface area (Å²) >= 11 is 0. The Morgan fingerprint density at radius 2 is 0.857 bits per heavy atom. The number of aryl methyl sites for hydroxylation is 1. The van der Waals surface area contributed by atoms with Crippen LogP contribution in [0.4, 0.5) is 0 Å². The third-order valence-corrected chi connectivity index (χ3v) is 9.16. The van der Waals surface area contributed by atoms with Crippen molar-refractivity contribution in [3.8, 4) is 0 Å². The van der Waals surface area contributed by atoms with E-state index < -0.39 is 10.1 Å². The minimum absolute atomic E-state index is 0.0501. The lowest BCUT2D eigenvalue weighted by Crippen LogP contribution is -2.35. The van der Waals surface area contributed by atoms with Crippen molar-refractivity contribution < 1.29 is 17.5 Å². The molecule has 0 saturated carbocycles. The van der Waals surface area contributed by atoms with Gasteiger partial charge < -0.3 is 9.04 Å². The van der Waals surface area contributed by atoms with Crippen LogP contribution in [0, 0.1) is 0 Å². The van der Waals surface area contributed by atoms with Gasteiger partial charge in [0.05, 0.1) is 32.6 Å². The van der Waals surface area contributed by atoms with Crippen LogP contribution in [0.15, 0.2) is 29.2 Å². The van der Waals surface area contributed by atoms with Gasteiger partial charge in [-0.15, -0.1) is 0 Å². The zero-order valence-corrected chi connectivity index (χ0v) is 29.6. The average Bonchev–Trinajstić information content (AvgIpc) is 2.94. The molecule has 0 N–H and O–H groups in total. The lowest BCUT2D eigenvalue weighted by atomic mass is 10.0. The van der Waals surface area contributed by atoms with E-state index in [2.05, 4.69) is 35.0 Å². The van der Waals surface area contributed by atoms with E-state index >= 15 is 0 Å². The van der Waals surface area contributed by atoms with E-state index in [-0.39, 0.29) is 4.90 Å². The first-order valence-corrected chi connectivity index (χ1v) is 19.4. The first-order valence-electron chi connectivity index (χ1n) is 18.0. The molecule has 0 spiro atoms. The van der Waals surface area contributed by atoms with Crippen LogP contribution in [0.2, 0.25) is 0 Å². The lowest BCUT2D eigenvalue weighted by Gasteiger charge is -2.23. The molecule has 0 aliphatic rings. The van der Waals surface area contributed by atoms with Crippen molar-refractivity contribution in [2.45, 2.75) is 179 Å². The van der Waals surface area contributed by atoms with E-state index in [1.807, 2.05) is 0 Å². The third kappa shape index (κ3) is 27.9. The van der Waals surface area contributed by atoms with Gasteiger partial charge in [0, 0.05) is 0 Å². The van der Waals surface area contributed by atoms with Crippen molar-refractivity contribution in [2.75, 3.05) is 27.7 Å². The molecule has 0 heterocycles. The van der Waals surface area contributed by atoms with Crippen molar-refractivity contribution in [1.29, 1.82) is 0 Å². The van der Waals surface area contributed by atoms with Crippen molar-refractivity contribution in [1.82, 2.24) is 0 Å². The summed E-state index contributed by atoms with van der Waals surface area (Å²) in [6, 6.07) is 6.56. The molecule has 0 unspecified atom stereocenters. The number of hydrogen-bond donors (Lipinski definition) is 0. The second-order valence-electron chi connectivity index (χ2n) is 13.6. The number of hydrogen-bond acceptors (Lipinski definition) is 3. The Hall–Kier alpha value is -0.910. The van der Waals surface area contributed by atoms with Gasteiger partial charge in [-0.25, -0.2) is 8.42 Å². The summed E-state index contributed by atoms with van der Waals surface area (Å²) < 4.78 is 34.7. The number of quaternary nitrogens is 1. The van der Waals surface area contributed by atoms with Gasteiger partial charge in [-0.05, 0) is 37.3 Å². The minimum atomic E-state index is -4.35. The molecule has 0 aromatic heterocycles. The van der Waals surface area contributed by atoms with Gasteiger partial charge in [-0.3, -0.25) is 0 Å². The average molecular weight is 610 g/mol. The SMILES string of the molecule is CCCCCCCCCCCCCCCC[N+](C)(C)C.CCCCCCCCCCCCc1ccccc1S(=O)(=O)[O-]. The summed E-state index contributed by atoms with van der Waals surface area (Å²) in [5.41, 5.74) is 0.664. The van der Waals surface area contributed by atoms with Crippen molar-refractivity contribution in [2.24, 2.45) is 0 Å². The standard InChI is InChI=1S/C19H42N.C18H30O3S/c1-5-6-7-8-9-10-11-12-13-14-15-16-17-18-19-20(2,3)4;1-2-3-4-5-6-7-8-9-10-11-14-17-15-12-13-16-18(17)22(19,20)21/h5-19H2,1-4H3;12-13,15-16H,2-11,14H2,1H3,(H,19,20,21)/q+1;/p-1.